The maximum atomic E-state index is 12.7. The first-order valence-electron chi connectivity index (χ1n) is 8.21. The third-order valence-corrected chi connectivity index (χ3v) is 3.83. The number of fused-ring (bicyclic) bond motifs is 1. The molecule has 0 aromatic heterocycles. The van der Waals surface area contributed by atoms with Gasteiger partial charge in [0.05, 0.1) is 11.3 Å². The Morgan fingerprint density at radius 3 is 2.71 bits per heavy atom. The summed E-state index contributed by atoms with van der Waals surface area (Å²) in [4.78, 5) is 16.7. The van der Waals surface area contributed by atoms with Crippen LogP contribution < -0.4 is 9.47 Å². The highest BCUT2D eigenvalue weighted by Gasteiger charge is 2.30. The van der Waals surface area contributed by atoms with Gasteiger partial charge in [-0.25, -0.2) is 4.79 Å². The average molecular weight is 395 g/mol. The number of ether oxygens (including phenoxy) is 3. The smallest absolute Gasteiger partial charge is 0.416 e. The van der Waals surface area contributed by atoms with Crippen LogP contribution in [-0.2, 0) is 27.2 Å². The van der Waals surface area contributed by atoms with Gasteiger partial charge in [0, 0.05) is 5.56 Å². The normalized spacial score (nSPS) is 13.4. The predicted molar refractivity (Wildman–Crippen MR) is 92.0 cm³/mol. The van der Waals surface area contributed by atoms with Crippen molar-refractivity contribution in [3.63, 3.8) is 0 Å². The lowest BCUT2D eigenvalue weighted by molar-refractivity contribution is -0.150. The van der Waals surface area contributed by atoms with Gasteiger partial charge in [-0.05, 0) is 42.8 Å². The van der Waals surface area contributed by atoms with Crippen LogP contribution in [0.25, 0.3) is 0 Å². The van der Waals surface area contributed by atoms with Gasteiger partial charge in [0.25, 0.3) is 0 Å². The van der Waals surface area contributed by atoms with Crippen LogP contribution >= 0.6 is 0 Å². The van der Waals surface area contributed by atoms with Gasteiger partial charge in [0.2, 0.25) is 13.4 Å². The van der Waals surface area contributed by atoms with Crippen LogP contribution in [0.3, 0.4) is 0 Å². The Kier molecular flexibility index (Phi) is 5.72. The number of rotatable bonds is 6. The van der Waals surface area contributed by atoms with E-state index in [0.717, 1.165) is 17.7 Å². The van der Waals surface area contributed by atoms with E-state index >= 15 is 0 Å². The molecule has 2 aromatic rings. The van der Waals surface area contributed by atoms with Gasteiger partial charge in [-0.15, -0.1) is 0 Å². The molecule has 0 atom stereocenters. The van der Waals surface area contributed by atoms with E-state index in [2.05, 4.69) is 5.16 Å². The van der Waals surface area contributed by atoms with Crippen LogP contribution in [0.2, 0.25) is 0 Å². The largest absolute Gasteiger partial charge is 0.458 e. The van der Waals surface area contributed by atoms with Crippen molar-refractivity contribution < 1.29 is 37.0 Å². The third-order valence-electron chi connectivity index (χ3n) is 3.83. The number of hydrogen-bond donors (Lipinski definition) is 0. The minimum absolute atomic E-state index is 0.156. The number of hydrogen-bond acceptors (Lipinski definition) is 6. The molecule has 0 aliphatic carbocycles. The fourth-order valence-electron chi connectivity index (χ4n) is 2.40. The number of carbonyl (C=O) groups is 1. The second kappa shape index (κ2) is 8.20. The van der Waals surface area contributed by atoms with Crippen LogP contribution in [0.4, 0.5) is 13.2 Å². The average Bonchev–Trinajstić information content (AvgIpc) is 3.13. The molecule has 0 radical (unpaired) electrons. The lowest BCUT2D eigenvalue weighted by Crippen LogP contribution is -2.12. The number of halogens is 3. The molecule has 148 valence electrons. The molecule has 2 aromatic carbocycles. The number of carbonyl (C=O) groups excluding carboxylic acids is 1. The van der Waals surface area contributed by atoms with Crippen molar-refractivity contribution in [1.82, 2.24) is 0 Å². The summed E-state index contributed by atoms with van der Waals surface area (Å²) in [6.07, 6.45) is -4.45. The molecule has 0 amide bonds. The number of esters is 1. The second-order valence-corrected chi connectivity index (χ2v) is 5.88. The van der Waals surface area contributed by atoms with Crippen LogP contribution in [-0.4, -0.2) is 25.1 Å². The maximum absolute atomic E-state index is 12.7. The van der Waals surface area contributed by atoms with Crippen molar-refractivity contribution in [3.05, 3.63) is 59.2 Å². The number of alkyl halides is 3. The number of benzene rings is 2. The van der Waals surface area contributed by atoms with Crippen molar-refractivity contribution in [2.75, 3.05) is 13.4 Å². The summed E-state index contributed by atoms with van der Waals surface area (Å²) in [7, 11) is 0. The minimum atomic E-state index is -4.45. The number of oxime groups is 1. The highest BCUT2D eigenvalue weighted by molar-refractivity contribution is 5.99. The molecule has 1 heterocycles. The van der Waals surface area contributed by atoms with Gasteiger partial charge in [-0.1, -0.05) is 17.3 Å². The summed E-state index contributed by atoms with van der Waals surface area (Å²) in [5.74, 6) is 0.475. The monoisotopic (exact) mass is 395 g/mol. The first-order valence-corrected chi connectivity index (χ1v) is 8.21. The fraction of sp³-hybridized carbons (Fsp3) is 0.263. The second-order valence-electron chi connectivity index (χ2n) is 5.88. The molecule has 1 aliphatic rings. The standard InChI is InChI=1S/C19H16F3NO5/c1-12(14-5-6-16-17(8-14)27-11-26-16)23-28-10-18(24)25-9-13-3-2-4-15(7-13)19(20,21)22/h2-8H,9-11H2,1H3/b23-12+. The topological polar surface area (TPSA) is 66.4 Å². The number of nitrogens with zero attached hydrogens (tertiary/aromatic N) is 1. The quantitative estimate of drug-likeness (QED) is 0.421. The van der Waals surface area contributed by atoms with Crippen LogP contribution in [0, 0.1) is 0 Å². The zero-order valence-electron chi connectivity index (χ0n) is 14.8. The van der Waals surface area contributed by atoms with E-state index in [0.29, 0.717) is 17.2 Å². The molecule has 6 nitrogen and oxygen atoms in total. The van der Waals surface area contributed by atoms with Crippen molar-refractivity contribution in [2.45, 2.75) is 19.7 Å². The lowest BCUT2D eigenvalue weighted by atomic mass is 10.1. The fourth-order valence-corrected chi connectivity index (χ4v) is 2.40. The molecule has 0 saturated carbocycles. The molecule has 28 heavy (non-hydrogen) atoms. The van der Waals surface area contributed by atoms with Gasteiger partial charge < -0.3 is 19.0 Å². The van der Waals surface area contributed by atoms with E-state index in [4.69, 9.17) is 19.0 Å². The molecular weight excluding hydrogens is 379 g/mol. The van der Waals surface area contributed by atoms with Gasteiger partial charge in [0.1, 0.15) is 6.61 Å². The molecule has 0 unspecified atom stereocenters. The minimum Gasteiger partial charge on any atom is -0.458 e. The molecule has 0 N–H and O–H groups in total. The van der Waals surface area contributed by atoms with Crippen molar-refractivity contribution in [2.24, 2.45) is 5.16 Å². The SMILES string of the molecule is C/C(=N\OCC(=O)OCc1cccc(C(F)(F)F)c1)c1ccc2c(c1)OCO2. The molecule has 0 spiro atoms. The Balaban J connectivity index is 1.48. The lowest BCUT2D eigenvalue weighted by Gasteiger charge is -2.09. The molecular formula is C19H16F3NO5. The Morgan fingerprint density at radius 1 is 1.14 bits per heavy atom. The van der Waals surface area contributed by atoms with Gasteiger partial charge in [0.15, 0.2) is 11.5 Å². The van der Waals surface area contributed by atoms with E-state index in [1.807, 2.05) is 0 Å². The van der Waals surface area contributed by atoms with Crippen molar-refractivity contribution in [1.29, 1.82) is 0 Å². The van der Waals surface area contributed by atoms with Crippen LogP contribution in [0.1, 0.15) is 23.6 Å². The zero-order valence-corrected chi connectivity index (χ0v) is 14.8. The predicted octanol–water partition coefficient (Wildman–Crippen LogP) is 3.92. The summed E-state index contributed by atoms with van der Waals surface area (Å²) in [5, 5.41) is 3.83. The van der Waals surface area contributed by atoms with E-state index in [1.54, 1.807) is 25.1 Å². The summed E-state index contributed by atoms with van der Waals surface area (Å²) in [6.45, 7) is 1.08. The Hall–Kier alpha value is -3.23. The molecule has 3 rings (SSSR count). The van der Waals surface area contributed by atoms with Crippen molar-refractivity contribution >= 4 is 11.7 Å². The third kappa shape index (κ3) is 4.93. The van der Waals surface area contributed by atoms with Gasteiger partial charge >= 0.3 is 12.1 Å². The van der Waals surface area contributed by atoms with Gasteiger partial charge in [-0.2, -0.15) is 13.2 Å². The van der Waals surface area contributed by atoms with E-state index in [1.165, 1.54) is 12.1 Å². The molecule has 0 saturated heterocycles. The highest BCUT2D eigenvalue weighted by atomic mass is 19.4. The van der Waals surface area contributed by atoms with E-state index < -0.39 is 24.3 Å². The maximum Gasteiger partial charge on any atom is 0.416 e. The molecule has 1 aliphatic heterocycles. The van der Waals surface area contributed by atoms with Crippen LogP contribution in [0.5, 0.6) is 11.5 Å². The summed E-state index contributed by atoms with van der Waals surface area (Å²) < 4.78 is 53.4. The van der Waals surface area contributed by atoms with Crippen LogP contribution in [0.15, 0.2) is 47.6 Å². The zero-order chi connectivity index (χ0) is 20.1. The van der Waals surface area contributed by atoms with Crippen molar-refractivity contribution in [3.8, 4) is 11.5 Å². The summed E-state index contributed by atoms with van der Waals surface area (Å²) >= 11 is 0. The van der Waals surface area contributed by atoms with E-state index in [9.17, 15) is 18.0 Å². The molecule has 9 heteroatoms. The van der Waals surface area contributed by atoms with E-state index in [-0.39, 0.29) is 19.0 Å². The molecule has 0 fully saturated rings. The Labute approximate surface area is 158 Å². The highest BCUT2D eigenvalue weighted by Crippen LogP contribution is 2.32. The van der Waals surface area contributed by atoms with Gasteiger partial charge in [-0.3, -0.25) is 0 Å². The molecule has 0 bridgehead atoms. The Bertz CT molecular complexity index is 895. The first kappa shape index (κ1) is 19.5. The first-order chi connectivity index (χ1) is 13.3. The summed E-state index contributed by atoms with van der Waals surface area (Å²) in [6, 6.07) is 9.79. The Morgan fingerprint density at radius 2 is 1.93 bits per heavy atom. The summed E-state index contributed by atoms with van der Waals surface area (Å²) in [5.41, 5.74) is 0.648.